The van der Waals surface area contributed by atoms with Crippen LogP contribution in [-0.2, 0) is 0 Å². The standard InChI is InChI=1S/C9H17NO/c10-8-3-1-6-5-7(6)2-4-9(8)11/h6-9,11H,1-5,10H2/t6-,7+,8-,9+/m1/s1. The number of aliphatic hydroxyl groups excluding tert-OH is 1. The quantitative estimate of drug-likeness (QED) is 0.545. The molecule has 2 rings (SSSR count). The van der Waals surface area contributed by atoms with Crippen molar-refractivity contribution in [3.8, 4) is 0 Å². The monoisotopic (exact) mass is 155 g/mol. The first kappa shape index (κ1) is 7.56. The smallest absolute Gasteiger partial charge is 0.0691 e. The third kappa shape index (κ3) is 1.57. The Morgan fingerprint density at radius 2 is 1.64 bits per heavy atom. The molecule has 11 heavy (non-hydrogen) atoms. The molecule has 64 valence electrons. The fourth-order valence-corrected chi connectivity index (χ4v) is 2.22. The highest BCUT2D eigenvalue weighted by molar-refractivity contribution is 4.91. The van der Waals surface area contributed by atoms with Crippen LogP contribution in [0.25, 0.3) is 0 Å². The molecule has 2 nitrogen and oxygen atoms in total. The lowest BCUT2D eigenvalue weighted by atomic mass is 9.95. The van der Waals surface area contributed by atoms with Gasteiger partial charge in [0, 0.05) is 6.04 Å². The summed E-state index contributed by atoms with van der Waals surface area (Å²) in [5.74, 6) is 1.91. The molecule has 0 aliphatic heterocycles. The van der Waals surface area contributed by atoms with E-state index in [1.54, 1.807) is 0 Å². The first-order valence-electron chi connectivity index (χ1n) is 4.71. The van der Waals surface area contributed by atoms with Gasteiger partial charge >= 0.3 is 0 Å². The molecule has 0 spiro atoms. The summed E-state index contributed by atoms with van der Waals surface area (Å²) in [4.78, 5) is 0. The highest BCUT2D eigenvalue weighted by atomic mass is 16.3. The van der Waals surface area contributed by atoms with Crippen LogP contribution in [0.2, 0.25) is 0 Å². The molecule has 4 atom stereocenters. The Labute approximate surface area is 67.8 Å². The highest BCUT2D eigenvalue weighted by Crippen LogP contribution is 2.46. The van der Waals surface area contributed by atoms with Crippen molar-refractivity contribution in [2.24, 2.45) is 17.6 Å². The minimum atomic E-state index is -0.225. The minimum absolute atomic E-state index is 0.0524. The summed E-state index contributed by atoms with van der Waals surface area (Å²) in [6, 6.07) is 0.0524. The van der Waals surface area contributed by atoms with Gasteiger partial charge in [-0.1, -0.05) is 0 Å². The molecule has 0 heterocycles. The normalized spacial score (nSPS) is 50.7. The van der Waals surface area contributed by atoms with Crippen LogP contribution < -0.4 is 5.73 Å². The van der Waals surface area contributed by atoms with E-state index in [1.165, 1.54) is 19.3 Å². The summed E-state index contributed by atoms with van der Waals surface area (Å²) in [5.41, 5.74) is 5.78. The molecule has 0 amide bonds. The maximum Gasteiger partial charge on any atom is 0.0691 e. The summed E-state index contributed by atoms with van der Waals surface area (Å²) in [6.07, 6.45) is 5.60. The van der Waals surface area contributed by atoms with Crippen molar-refractivity contribution in [1.29, 1.82) is 0 Å². The fourth-order valence-electron chi connectivity index (χ4n) is 2.22. The average Bonchev–Trinajstić information content (AvgIpc) is 2.72. The number of hydrogen-bond donors (Lipinski definition) is 2. The van der Waals surface area contributed by atoms with Gasteiger partial charge in [-0.25, -0.2) is 0 Å². The zero-order valence-electron chi connectivity index (χ0n) is 6.87. The number of aliphatic hydroxyl groups is 1. The lowest BCUT2D eigenvalue weighted by Gasteiger charge is -2.20. The summed E-state index contributed by atoms with van der Waals surface area (Å²) in [7, 11) is 0. The summed E-state index contributed by atoms with van der Waals surface area (Å²) >= 11 is 0. The Bertz CT molecular complexity index is 132. The van der Waals surface area contributed by atoms with Crippen LogP contribution in [0, 0.1) is 11.8 Å². The van der Waals surface area contributed by atoms with E-state index in [9.17, 15) is 5.11 Å². The van der Waals surface area contributed by atoms with Gasteiger partial charge in [-0.05, 0) is 43.9 Å². The second-order valence-corrected chi connectivity index (χ2v) is 4.14. The third-order valence-corrected chi connectivity index (χ3v) is 3.27. The van der Waals surface area contributed by atoms with Crippen LogP contribution in [0.15, 0.2) is 0 Å². The molecule has 0 radical (unpaired) electrons. The Morgan fingerprint density at radius 1 is 1.00 bits per heavy atom. The van der Waals surface area contributed by atoms with Gasteiger partial charge in [-0.2, -0.15) is 0 Å². The molecule has 0 saturated heterocycles. The van der Waals surface area contributed by atoms with E-state index in [-0.39, 0.29) is 12.1 Å². The van der Waals surface area contributed by atoms with Gasteiger partial charge in [-0.15, -0.1) is 0 Å². The third-order valence-electron chi connectivity index (χ3n) is 3.27. The van der Waals surface area contributed by atoms with Crippen LogP contribution >= 0.6 is 0 Å². The van der Waals surface area contributed by atoms with Gasteiger partial charge in [-0.3, -0.25) is 0 Å². The molecule has 0 bridgehead atoms. The average molecular weight is 155 g/mol. The Balaban J connectivity index is 1.89. The van der Waals surface area contributed by atoms with Gasteiger partial charge in [0.05, 0.1) is 6.10 Å². The fraction of sp³-hybridized carbons (Fsp3) is 1.00. The molecular formula is C9H17NO. The van der Waals surface area contributed by atoms with Crippen LogP contribution in [0.5, 0.6) is 0 Å². The molecule has 0 aromatic rings. The molecule has 2 saturated carbocycles. The molecule has 3 N–H and O–H groups in total. The Morgan fingerprint density at radius 3 is 2.36 bits per heavy atom. The van der Waals surface area contributed by atoms with Crippen molar-refractivity contribution < 1.29 is 5.11 Å². The van der Waals surface area contributed by atoms with Crippen LogP contribution in [-0.4, -0.2) is 17.3 Å². The van der Waals surface area contributed by atoms with E-state index in [0.717, 1.165) is 24.7 Å². The Hall–Kier alpha value is -0.0800. The molecule has 2 aliphatic rings. The van der Waals surface area contributed by atoms with Gasteiger partial charge in [0.25, 0.3) is 0 Å². The first-order valence-corrected chi connectivity index (χ1v) is 4.71. The van der Waals surface area contributed by atoms with Crippen molar-refractivity contribution in [1.82, 2.24) is 0 Å². The number of fused-ring (bicyclic) bond motifs is 1. The van der Waals surface area contributed by atoms with E-state index in [2.05, 4.69) is 0 Å². The summed E-state index contributed by atoms with van der Waals surface area (Å²) < 4.78 is 0. The molecule has 2 aliphatic carbocycles. The minimum Gasteiger partial charge on any atom is -0.392 e. The van der Waals surface area contributed by atoms with Gasteiger partial charge in [0.15, 0.2) is 0 Å². The largest absolute Gasteiger partial charge is 0.392 e. The molecule has 2 fully saturated rings. The lowest BCUT2D eigenvalue weighted by Crippen LogP contribution is -2.35. The van der Waals surface area contributed by atoms with Crippen LogP contribution in [0.3, 0.4) is 0 Å². The molecule has 0 aromatic heterocycles. The van der Waals surface area contributed by atoms with Crippen LogP contribution in [0.4, 0.5) is 0 Å². The van der Waals surface area contributed by atoms with Crippen molar-refractivity contribution in [2.45, 2.75) is 44.2 Å². The predicted molar refractivity (Wildman–Crippen MR) is 44.0 cm³/mol. The predicted octanol–water partition coefficient (Wildman–Crippen LogP) is 0.885. The van der Waals surface area contributed by atoms with E-state index in [1.807, 2.05) is 0 Å². The topological polar surface area (TPSA) is 46.2 Å². The molecule has 0 aromatic carbocycles. The van der Waals surface area contributed by atoms with E-state index in [4.69, 9.17) is 5.73 Å². The van der Waals surface area contributed by atoms with Crippen molar-refractivity contribution in [2.75, 3.05) is 0 Å². The van der Waals surface area contributed by atoms with Gasteiger partial charge < -0.3 is 10.8 Å². The summed E-state index contributed by atoms with van der Waals surface area (Å²) in [6.45, 7) is 0. The maximum absolute atomic E-state index is 9.49. The molecule has 2 heteroatoms. The van der Waals surface area contributed by atoms with Crippen LogP contribution in [0.1, 0.15) is 32.1 Å². The number of rotatable bonds is 0. The van der Waals surface area contributed by atoms with Crippen molar-refractivity contribution in [3.63, 3.8) is 0 Å². The number of nitrogens with two attached hydrogens (primary N) is 1. The lowest BCUT2D eigenvalue weighted by molar-refractivity contribution is 0.119. The molecular weight excluding hydrogens is 138 g/mol. The van der Waals surface area contributed by atoms with Gasteiger partial charge in [0.1, 0.15) is 0 Å². The Kier molecular flexibility index (Phi) is 1.90. The van der Waals surface area contributed by atoms with E-state index < -0.39 is 0 Å². The van der Waals surface area contributed by atoms with Crippen molar-refractivity contribution in [3.05, 3.63) is 0 Å². The zero-order chi connectivity index (χ0) is 7.84. The first-order chi connectivity index (χ1) is 5.27. The maximum atomic E-state index is 9.49. The molecule has 0 unspecified atom stereocenters. The second-order valence-electron chi connectivity index (χ2n) is 4.14. The second kappa shape index (κ2) is 2.76. The van der Waals surface area contributed by atoms with E-state index >= 15 is 0 Å². The zero-order valence-corrected chi connectivity index (χ0v) is 6.87. The van der Waals surface area contributed by atoms with Gasteiger partial charge in [0.2, 0.25) is 0 Å². The highest BCUT2D eigenvalue weighted by Gasteiger charge is 2.38. The summed E-state index contributed by atoms with van der Waals surface area (Å²) in [5, 5.41) is 9.49. The number of hydrogen-bond acceptors (Lipinski definition) is 2. The van der Waals surface area contributed by atoms with E-state index in [0.29, 0.717) is 0 Å². The van der Waals surface area contributed by atoms with Crippen molar-refractivity contribution >= 4 is 0 Å². The SMILES string of the molecule is N[C@@H]1CC[C@@H]2C[C@@H]2CC[C@@H]1O.